The molecule has 158 valence electrons. The highest BCUT2D eigenvalue weighted by atomic mass is 35.5. The van der Waals surface area contributed by atoms with Crippen LogP contribution in [0.2, 0.25) is 5.02 Å². The van der Waals surface area contributed by atoms with Gasteiger partial charge in [0.1, 0.15) is 5.70 Å². The molecule has 0 radical (unpaired) electrons. The van der Waals surface area contributed by atoms with Gasteiger partial charge < -0.3 is 10.2 Å². The van der Waals surface area contributed by atoms with E-state index in [1.165, 1.54) is 11.3 Å². The number of nitrogens with zero attached hydrogens (tertiary/aromatic N) is 1. The average molecular weight is 451 g/mol. The minimum Gasteiger partial charge on any atom is -0.337 e. The zero-order chi connectivity index (χ0) is 21.6. The number of nitrogens with one attached hydrogen (secondary N) is 1. The molecule has 1 aliphatic heterocycles. The van der Waals surface area contributed by atoms with E-state index in [0.29, 0.717) is 29.4 Å². The molecule has 4 rings (SSSR count). The number of amides is 2. The van der Waals surface area contributed by atoms with Gasteiger partial charge in [-0.3, -0.25) is 9.59 Å². The number of carbonyl (C=O) groups excluding carboxylic acids is 2. The second-order valence-electron chi connectivity index (χ2n) is 7.41. The van der Waals surface area contributed by atoms with Crippen LogP contribution in [0.1, 0.15) is 34.5 Å². The fourth-order valence-corrected chi connectivity index (χ4v) is 4.87. The molecule has 1 aromatic heterocycles. The number of hydrogen-bond donors (Lipinski definition) is 1. The minimum atomic E-state index is -0.292. The molecule has 0 bridgehead atoms. The summed E-state index contributed by atoms with van der Waals surface area (Å²) in [6.07, 6.45) is 4.87. The number of hydrogen-bond acceptors (Lipinski definition) is 3. The number of piperidine rings is 1. The van der Waals surface area contributed by atoms with Gasteiger partial charge in [0.05, 0.1) is 0 Å². The van der Waals surface area contributed by atoms with Gasteiger partial charge in [0.2, 0.25) is 0 Å². The summed E-state index contributed by atoms with van der Waals surface area (Å²) in [7, 11) is 0. The molecule has 0 unspecified atom stereocenters. The number of rotatable bonds is 5. The summed E-state index contributed by atoms with van der Waals surface area (Å²) in [4.78, 5) is 29.7. The monoisotopic (exact) mass is 450 g/mol. The molecular weight excluding hydrogens is 428 g/mol. The van der Waals surface area contributed by atoms with Gasteiger partial charge in [-0.15, -0.1) is 11.3 Å². The lowest BCUT2D eigenvalue weighted by Crippen LogP contribution is -2.41. The average Bonchev–Trinajstić information content (AvgIpc) is 3.28. The van der Waals surface area contributed by atoms with E-state index in [1.807, 2.05) is 47.4 Å². The van der Waals surface area contributed by atoms with Crippen LogP contribution in [0.4, 0.5) is 0 Å². The van der Waals surface area contributed by atoms with Gasteiger partial charge in [0.25, 0.3) is 11.8 Å². The molecule has 6 heteroatoms. The van der Waals surface area contributed by atoms with Gasteiger partial charge >= 0.3 is 0 Å². The molecule has 0 spiro atoms. The van der Waals surface area contributed by atoms with Crippen LogP contribution in [-0.4, -0.2) is 29.8 Å². The Hall–Kier alpha value is -2.89. The Morgan fingerprint density at radius 1 is 0.903 bits per heavy atom. The molecule has 1 aliphatic rings. The van der Waals surface area contributed by atoms with Crippen LogP contribution >= 0.6 is 22.9 Å². The summed E-state index contributed by atoms with van der Waals surface area (Å²) in [5.41, 5.74) is 1.76. The summed E-state index contributed by atoms with van der Waals surface area (Å²) < 4.78 is 0. The number of likely N-dealkylation sites (tertiary alicyclic amines) is 1. The number of thiophene rings is 1. The maximum absolute atomic E-state index is 13.2. The SMILES string of the molecule is O=C(N/C(=C/c1ccc(-c2ccccc2Cl)s1)C(=O)N1CCCCC1)c1ccccc1. The standard InChI is InChI=1S/C25H23ClN2O2S/c26-21-12-6-5-11-20(21)23-14-13-19(31-23)17-22(25(30)28-15-7-2-8-16-28)27-24(29)18-9-3-1-4-10-18/h1,3-6,9-14,17H,2,7-8,15-16H2,(H,27,29)/b22-17+. The van der Waals surface area contributed by atoms with E-state index >= 15 is 0 Å². The van der Waals surface area contributed by atoms with Crippen molar-refractivity contribution in [2.45, 2.75) is 19.3 Å². The van der Waals surface area contributed by atoms with Gasteiger partial charge in [-0.25, -0.2) is 0 Å². The van der Waals surface area contributed by atoms with Crippen LogP contribution in [0.15, 0.2) is 72.4 Å². The highest BCUT2D eigenvalue weighted by molar-refractivity contribution is 7.16. The first-order valence-electron chi connectivity index (χ1n) is 10.3. The fourth-order valence-electron chi connectivity index (χ4n) is 3.58. The van der Waals surface area contributed by atoms with Crippen LogP contribution in [0.25, 0.3) is 16.5 Å². The number of halogens is 1. The van der Waals surface area contributed by atoms with E-state index in [0.717, 1.165) is 34.6 Å². The summed E-state index contributed by atoms with van der Waals surface area (Å²) >= 11 is 7.87. The zero-order valence-corrected chi connectivity index (χ0v) is 18.6. The lowest BCUT2D eigenvalue weighted by molar-refractivity contribution is -0.128. The van der Waals surface area contributed by atoms with Crippen LogP contribution in [-0.2, 0) is 4.79 Å². The third-order valence-corrected chi connectivity index (χ3v) is 6.61. The van der Waals surface area contributed by atoms with Crippen LogP contribution in [0.3, 0.4) is 0 Å². The highest BCUT2D eigenvalue weighted by Gasteiger charge is 2.22. The van der Waals surface area contributed by atoms with Gasteiger partial charge in [-0.05, 0) is 55.7 Å². The molecular formula is C25H23ClN2O2S. The molecule has 3 aromatic rings. The smallest absolute Gasteiger partial charge is 0.270 e. The molecule has 2 aromatic carbocycles. The summed E-state index contributed by atoms with van der Waals surface area (Å²) in [6.45, 7) is 1.43. The largest absolute Gasteiger partial charge is 0.337 e. The first-order chi connectivity index (χ1) is 15.1. The topological polar surface area (TPSA) is 49.4 Å². The van der Waals surface area contributed by atoms with Gasteiger partial charge in [-0.2, -0.15) is 0 Å². The van der Waals surface area contributed by atoms with Crippen molar-refractivity contribution in [3.63, 3.8) is 0 Å². The van der Waals surface area contributed by atoms with E-state index in [-0.39, 0.29) is 11.8 Å². The van der Waals surface area contributed by atoms with Crippen LogP contribution in [0.5, 0.6) is 0 Å². The van der Waals surface area contributed by atoms with E-state index < -0.39 is 0 Å². The maximum atomic E-state index is 13.2. The normalized spacial score (nSPS) is 14.4. The molecule has 2 amide bonds. The molecule has 31 heavy (non-hydrogen) atoms. The van der Waals surface area contributed by atoms with Crippen molar-refractivity contribution < 1.29 is 9.59 Å². The molecule has 0 saturated carbocycles. The van der Waals surface area contributed by atoms with Gasteiger partial charge in [0, 0.05) is 39.0 Å². The molecule has 0 aliphatic carbocycles. The van der Waals surface area contributed by atoms with Crippen molar-refractivity contribution in [3.8, 4) is 10.4 Å². The van der Waals surface area contributed by atoms with Gasteiger partial charge in [-0.1, -0.05) is 48.0 Å². The lowest BCUT2D eigenvalue weighted by atomic mass is 10.1. The Labute approximate surface area is 191 Å². The number of benzene rings is 2. The first-order valence-corrected chi connectivity index (χ1v) is 11.5. The van der Waals surface area contributed by atoms with Crippen molar-refractivity contribution in [3.05, 3.63) is 87.9 Å². The van der Waals surface area contributed by atoms with E-state index in [9.17, 15) is 9.59 Å². The predicted octanol–water partition coefficient (Wildman–Crippen LogP) is 5.85. The van der Waals surface area contributed by atoms with Crippen LogP contribution < -0.4 is 5.32 Å². The second kappa shape index (κ2) is 9.94. The van der Waals surface area contributed by atoms with Crippen molar-refractivity contribution in [2.24, 2.45) is 0 Å². The van der Waals surface area contributed by atoms with Crippen molar-refractivity contribution in [2.75, 3.05) is 13.1 Å². The first kappa shape index (κ1) is 21.3. The van der Waals surface area contributed by atoms with Gasteiger partial charge in [0.15, 0.2) is 0 Å². The Kier molecular flexibility index (Phi) is 6.85. The van der Waals surface area contributed by atoms with Crippen LogP contribution in [0, 0.1) is 0 Å². The predicted molar refractivity (Wildman–Crippen MR) is 127 cm³/mol. The molecule has 0 atom stereocenters. The number of carbonyl (C=O) groups is 2. The van der Waals surface area contributed by atoms with Crippen molar-refractivity contribution >= 4 is 40.8 Å². The summed E-state index contributed by atoms with van der Waals surface area (Å²) in [5.74, 6) is -0.434. The Balaban J connectivity index is 1.63. The maximum Gasteiger partial charge on any atom is 0.270 e. The molecule has 1 saturated heterocycles. The van der Waals surface area contributed by atoms with E-state index in [4.69, 9.17) is 11.6 Å². The van der Waals surface area contributed by atoms with E-state index in [2.05, 4.69) is 5.32 Å². The lowest BCUT2D eigenvalue weighted by Gasteiger charge is -2.27. The third kappa shape index (κ3) is 5.24. The van der Waals surface area contributed by atoms with E-state index in [1.54, 1.807) is 30.3 Å². The highest BCUT2D eigenvalue weighted by Crippen LogP contribution is 2.34. The second-order valence-corrected chi connectivity index (χ2v) is 8.94. The Morgan fingerprint density at radius 2 is 1.61 bits per heavy atom. The Bertz CT molecular complexity index is 1100. The molecule has 1 N–H and O–H groups in total. The molecule has 4 nitrogen and oxygen atoms in total. The van der Waals surface area contributed by atoms with Crippen molar-refractivity contribution in [1.82, 2.24) is 10.2 Å². The summed E-state index contributed by atoms with van der Waals surface area (Å²) in [5, 5.41) is 3.53. The molecule has 2 heterocycles. The zero-order valence-electron chi connectivity index (χ0n) is 17.0. The fraction of sp³-hybridized carbons (Fsp3) is 0.200. The van der Waals surface area contributed by atoms with Crippen molar-refractivity contribution in [1.29, 1.82) is 0 Å². The minimum absolute atomic E-state index is 0.142. The quantitative estimate of drug-likeness (QED) is 0.495. The molecule has 1 fully saturated rings. The Morgan fingerprint density at radius 3 is 2.35 bits per heavy atom. The third-order valence-electron chi connectivity index (χ3n) is 5.21. The summed E-state index contributed by atoms with van der Waals surface area (Å²) in [6, 6.07) is 20.5.